The van der Waals surface area contributed by atoms with Crippen LogP contribution in [0.4, 0.5) is 0 Å². The van der Waals surface area contributed by atoms with Crippen LogP contribution in [-0.2, 0) is 0 Å². The first-order valence-corrected chi connectivity index (χ1v) is 16.6. The van der Waals surface area contributed by atoms with Gasteiger partial charge in [-0.1, -0.05) is 170 Å². The monoisotopic (exact) mass is 607 g/mol. The molecule has 10 aromatic rings. The maximum atomic E-state index is 5.25. The lowest BCUT2D eigenvalue weighted by Crippen LogP contribution is -1.93. The minimum Gasteiger partial charge on any atom is -0.247 e. The minimum absolute atomic E-state index is 1.02. The van der Waals surface area contributed by atoms with Crippen molar-refractivity contribution in [2.75, 3.05) is 0 Å². The highest BCUT2D eigenvalue weighted by molar-refractivity contribution is 6.24. The summed E-state index contributed by atoms with van der Waals surface area (Å²) in [6.45, 7) is 0. The topological polar surface area (TPSA) is 12.9 Å². The van der Waals surface area contributed by atoms with Crippen molar-refractivity contribution in [2.24, 2.45) is 0 Å². The normalized spacial score (nSPS) is 11.8. The Labute approximate surface area is 278 Å². The molecule has 0 spiro atoms. The highest BCUT2D eigenvalue weighted by atomic mass is 14.7. The van der Waals surface area contributed by atoms with Crippen LogP contribution in [0.25, 0.3) is 98.3 Å². The summed E-state index contributed by atoms with van der Waals surface area (Å²) >= 11 is 0. The number of benzene rings is 9. The number of para-hydroxylation sites is 1. The Morgan fingerprint density at radius 3 is 1.48 bits per heavy atom. The summed E-state index contributed by atoms with van der Waals surface area (Å²) in [5.74, 6) is 0. The first kappa shape index (κ1) is 26.9. The molecule has 0 saturated heterocycles. The molecule has 1 aromatic heterocycles. The number of hydrogen-bond acceptors (Lipinski definition) is 1. The van der Waals surface area contributed by atoms with Gasteiger partial charge in [-0.25, -0.2) is 4.98 Å². The van der Waals surface area contributed by atoms with E-state index in [0.717, 1.165) is 16.8 Å². The second kappa shape index (κ2) is 10.6. The maximum absolute atomic E-state index is 5.25. The van der Waals surface area contributed by atoms with Gasteiger partial charge in [0.2, 0.25) is 0 Å². The van der Waals surface area contributed by atoms with Crippen molar-refractivity contribution in [2.45, 2.75) is 0 Å². The van der Waals surface area contributed by atoms with Crippen molar-refractivity contribution in [3.05, 3.63) is 176 Å². The van der Waals surface area contributed by atoms with Crippen molar-refractivity contribution in [3.63, 3.8) is 0 Å². The van der Waals surface area contributed by atoms with Gasteiger partial charge in [0.15, 0.2) is 0 Å². The van der Waals surface area contributed by atoms with Gasteiger partial charge in [-0.3, -0.25) is 0 Å². The zero-order valence-corrected chi connectivity index (χ0v) is 26.2. The summed E-state index contributed by atoms with van der Waals surface area (Å²) in [7, 11) is 0. The smallest absolute Gasteiger partial charge is 0.0788 e. The van der Waals surface area contributed by atoms with E-state index in [1.807, 2.05) is 0 Å². The van der Waals surface area contributed by atoms with Crippen LogP contribution in [0.3, 0.4) is 0 Å². The van der Waals surface area contributed by atoms with E-state index in [9.17, 15) is 0 Å². The molecule has 48 heavy (non-hydrogen) atoms. The van der Waals surface area contributed by atoms with Crippen LogP contribution in [0.15, 0.2) is 176 Å². The Bertz CT molecular complexity index is 2800. The van der Waals surface area contributed by atoms with Gasteiger partial charge in [-0.2, -0.15) is 0 Å². The number of hydrogen-bond donors (Lipinski definition) is 0. The van der Waals surface area contributed by atoms with E-state index in [1.165, 1.54) is 81.5 Å². The highest BCUT2D eigenvalue weighted by Crippen LogP contribution is 2.46. The molecule has 0 radical (unpaired) electrons. The van der Waals surface area contributed by atoms with E-state index < -0.39 is 0 Å². The first-order chi connectivity index (χ1) is 23.8. The Hall–Kier alpha value is -6.31. The molecule has 0 amide bonds. The predicted molar refractivity (Wildman–Crippen MR) is 206 cm³/mol. The second-order valence-corrected chi connectivity index (χ2v) is 12.6. The zero-order chi connectivity index (χ0) is 31.6. The molecule has 0 atom stereocenters. The van der Waals surface area contributed by atoms with Gasteiger partial charge in [-0.15, -0.1) is 0 Å². The predicted octanol–water partition coefficient (Wildman–Crippen LogP) is 13.0. The molecule has 0 saturated carbocycles. The molecule has 0 unspecified atom stereocenters. The van der Waals surface area contributed by atoms with E-state index in [2.05, 4.69) is 176 Å². The molecule has 0 N–H and O–H groups in total. The largest absolute Gasteiger partial charge is 0.247 e. The summed E-state index contributed by atoms with van der Waals surface area (Å²) in [5, 5.41) is 13.7. The van der Waals surface area contributed by atoms with Gasteiger partial charge >= 0.3 is 0 Å². The Morgan fingerprint density at radius 2 is 0.792 bits per heavy atom. The number of rotatable bonds is 3. The third kappa shape index (κ3) is 4.01. The van der Waals surface area contributed by atoms with E-state index in [4.69, 9.17) is 4.98 Å². The summed E-state index contributed by atoms with van der Waals surface area (Å²) in [4.78, 5) is 5.25. The third-order valence-corrected chi connectivity index (χ3v) is 10.0. The molecule has 1 heterocycles. The van der Waals surface area contributed by atoms with Crippen LogP contribution in [-0.4, -0.2) is 4.98 Å². The molecule has 1 heteroatoms. The maximum Gasteiger partial charge on any atom is 0.0788 e. The Kier molecular flexibility index (Phi) is 5.94. The molecule has 9 aromatic carbocycles. The van der Waals surface area contributed by atoms with Crippen molar-refractivity contribution in [1.82, 2.24) is 4.98 Å². The third-order valence-electron chi connectivity index (χ3n) is 10.0. The van der Waals surface area contributed by atoms with E-state index in [-0.39, 0.29) is 0 Å². The fraction of sp³-hybridized carbons (Fsp3) is 0. The number of pyridine rings is 1. The summed E-state index contributed by atoms with van der Waals surface area (Å²) in [6, 6.07) is 63.9. The molecular formula is C47H29N. The fourth-order valence-corrected chi connectivity index (χ4v) is 7.91. The second-order valence-electron chi connectivity index (χ2n) is 12.6. The summed E-state index contributed by atoms with van der Waals surface area (Å²) < 4.78 is 0. The molecule has 0 aliphatic carbocycles. The zero-order valence-electron chi connectivity index (χ0n) is 26.2. The van der Waals surface area contributed by atoms with Crippen LogP contribution in [0.2, 0.25) is 0 Å². The molecule has 10 rings (SSSR count). The lowest BCUT2D eigenvalue weighted by molar-refractivity contribution is 1.43. The van der Waals surface area contributed by atoms with Crippen LogP contribution >= 0.6 is 0 Å². The van der Waals surface area contributed by atoms with Gasteiger partial charge in [0, 0.05) is 21.7 Å². The van der Waals surface area contributed by atoms with E-state index in [0.29, 0.717) is 0 Å². The Balaban J connectivity index is 1.21. The van der Waals surface area contributed by atoms with Gasteiger partial charge in [0.05, 0.1) is 11.2 Å². The molecule has 0 aliphatic rings. The summed E-state index contributed by atoms with van der Waals surface area (Å²) in [6.07, 6.45) is 0. The average molecular weight is 608 g/mol. The van der Waals surface area contributed by atoms with Crippen LogP contribution in [0, 0.1) is 0 Å². The Morgan fingerprint density at radius 1 is 0.292 bits per heavy atom. The lowest BCUT2D eigenvalue weighted by atomic mass is 9.84. The molecule has 0 aliphatic heterocycles. The SMILES string of the molecule is c1ccc2c(-c3c4ccccc4c(-c4ccc(-c5nc6ccccc6c6c5ccc5ccccc56)cc4)c4ccccc34)cccc2c1. The summed E-state index contributed by atoms with van der Waals surface area (Å²) in [5.41, 5.74) is 8.17. The number of aromatic nitrogens is 1. The van der Waals surface area contributed by atoms with E-state index >= 15 is 0 Å². The first-order valence-electron chi connectivity index (χ1n) is 16.6. The van der Waals surface area contributed by atoms with Crippen molar-refractivity contribution < 1.29 is 0 Å². The van der Waals surface area contributed by atoms with Crippen molar-refractivity contribution in [3.8, 4) is 33.5 Å². The van der Waals surface area contributed by atoms with Crippen molar-refractivity contribution in [1.29, 1.82) is 0 Å². The lowest BCUT2D eigenvalue weighted by Gasteiger charge is -2.19. The number of fused-ring (bicyclic) bond motifs is 8. The molecule has 0 fully saturated rings. The van der Waals surface area contributed by atoms with Crippen molar-refractivity contribution >= 4 is 64.8 Å². The molecule has 222 valence electrons. The number of nitrogens with zero attached hydrogens (tertiary/aromatic N) is 1. The fourth-order valence-electron chi connectivity index (χ4n) is 7.91. The minimum atomic E-state index is 1.02. The quantitative estimate of drug-likeness (QED) is 0.144. The van der Waals surface area contributed by atoms with Crippen LogP contribution < -0.4 is 0 Å². The van der Waals surface area contributed by atoms with Gasteiger partial charge in [-0.05, 0) is 71.4 Å². The van der Waals surface area contributed by atoms with Gasteiger partial charge in [0.1, 0.15) is 0 Å². The molecular weight excluding hydrogens is 579 g/mol. The highest BCUT2D eigenvalue weighted by Gasteiger charge is 2.18. The van der Waals surface area contributed by atoms with Crippen LogP contribution in [0.1, 0.15) is 0 Å². The standard InChI is InChI=1S/C47H29N/c1-3-15-34-30(12-1)14-11-22-36(34)46-39-19-7-5-17-37(39)44(38-18-6-8-20-40(38)46)32-24-26-33(27-25-32)47-42-29-28-31-13-2-4-16-35(31)45(42)41-21-9-10-23-43(41)48-47/h1-29H. The molecule has 0 bridgehead atoms. The van der Waals surface area contributed by atoms with E-state index in [1.54, 1.807) is 0 Å². The average Bonchev–Trinajstić information content (AvgIpc) is 3.16. The molecule has 1 nitrogen and oxygen atoms in total. The van der Waals surface area contributed by atoms with Gasteiger partial charge in [0.25, 0.3) is 0 Å². The van der Waals surface area contributed by atoms with Crippen LogP contribution in [0.5, 0.6) is 0 Å². The van der Waals surface area contributed by atoms with Gasteiger partial charge < -0.3 is 0 Å².